The number of aliphatic carboxylic acids is 1. The zero-order valence-electron chi connectivity index (χ0n) is 12.7. The van der Waals surface area contributed by atoms with Gasteiger partial charge in [0.2, 0.25) is 0 Å². The summed E-state index contributed by atoms with van der Waals surface area (Å²) in [6.45, 7) is 10.1. The van der Waals surface area contributed by atoms with Crippen molar-refractivity contribution in [3.8, 4) is 0 Å². The first-order valence-electron chi connectivity index (χ1n) is 6.70. The Bertz CT molecular complexity index is 447. The Balaban J connectivity index is 2.80. The molecule has 0 aliphatic rings. The normalized spacial score (nSPS) is 11.9. The maximum Gasteiger partial charge on any atom is 0.304 e. The van der Waals surface area contributed by atoms with E-state index in [0.29, 0.717) is 6.54 Å². The van der Waals surface area contributed by atoms with E-state index in [2.05, 4.69) is 50.8 Å². The summed E-state index contributed by atoms with van der Waals surface area (Å²) in [5, 5.41) is 8.71. The third-order valence-corrected chi connectivity index (χ3v) is 3.36. The van der Waals surface area contributed by atoms with Gasteiger partial charge < -0.3 is 10.0 Å². The lowest BCUT2D eigenvalue weighted by molar-refractivity contribution is -0.137. The second-order valence-electron chi connectivity index (χ2n) is 6.27. The average molecular weight is 263 g/mol. The third-order valence-electron chi connectivity index (χ3n) is 3.36. The molecule has 106 valence electrons. The molecule has 0 saturated heterocycles. The number of carboxylic acid groups (broad SMARTS) is 1. The fraction of sp³-hybridized carbons (Fsp3) is 0.562. The minimum Gasteiger partial charge on any atom is -0.481 e. The van der Waals surface area contributed by atoms with E-state index >= 15 is 0 Å². The second-order valence-corrected chi connectivity index (χ2v) is 6.27. The Morgan fingerprint density at radius 2 is 1.95 bits per heavy atom. The quantitative estimate of drug-likeness (QED) is 0.887. The van der Waals surface area contributed by atoms with Gasteiger partial charge in [0.1, 0.15) is 0 Å². The van der Waals surface area contributed by atoms with Crippen molar-refractivity contribution in [3.63, 3.8) is 0 Å². The van der Waals surface area contributed by atoms with E-state index in [-0.39, 0.29) is 11.8 Å². The summed E-state index contributed by atoms with van der Waals surface area (Å²) in [4.78, 5) is 12.6. The lowest BCUT2D eigenvalue weighted by Gasteiger charge is -2.23. The van der Waals surface area contributed by atoms with Crippen LogP contribution < -0.4 is 0 Å². The summed E-state index contributed by atoms with van der Waals surface area (Å²) < 4.78 is 0. The molecule has 0 heterocycles. The highest BCUT2D eigenvalue weighted by molar-refractivity contribution is 5.66. The number of benzene rings is 1. The lowest BCUT2D eigenvalue weighted by atomic mass is 9.85. The van der Waals surface area contributed by atoms with Crippen molar-refractivity contribution in [3.05, 3.63) is 34.9 Å². The van der Waals surface area contributed by atoms with E-state index < -0.39 is 5.97 Å². The van der Waals surface area contributed by atoms with E-state index in [0.717, 1.165) is 6.54 Å². The van der Waals surface area contributed by atoms with Crippen molar-refractivity contribution in [2.75, 3.05) is 13.6 Å². The Morgan fingerprint density at radius 3 is 2.47 bits per heavy atom. The van der Waals surface area contributed by atoms with Gasteiger partial charge >= 0.3 is 5.97 Å². The highest BCUT2D eigenvalue weighted by Crippen LogP contribution is 2.25. The summed E-state index contributed by atoms with van der Waals surface area (Å²) in [6.07, 6.45) is 0.189. The van der Waals surface area contributed by atoms with Crippen LogP contribution in [0.4, 0.5) is 0 Å². The van der Waals surface area contributed by atoms with Crippen LogP contribution in [0.3, 0.4) is 0 Å². The lowest BCUT2D eigenvalue weighted by Crippen LogP contribution is -2.22. The predicted molar refractivity (Wildman–Crippen MR) is 78.5 cm³/mol. The maximum absolute atomic E-state index is 10.6. The molecule has 0 atom stereocenters. The van der Waals surface area contributed by atoms with Gasteiger partial charge in [-0.05, 0) is 36.1 Å². The van der Waals surface area contributed by atoms with Gasteiger partial charge in [-0.15, -0.1) is 0 Å². The molecule has 1 aromatic rings. The monoisotopic (exact) mass is 263 g/mol. The number of aryl methyl sites for hydroxylation is 1. The van der Waals surface area contributed by atoms with Crippen LogP contribution in [-0.4, -0.2) is 29.6 Å². The largest absolute Gasteiger partial charge is 0.481 e. The van der Waals surface area contributed by atoms with E-state index in [1.165, 1.54) is 16.7 Å². The molecule has 0 saturated carbocycles. The van der Waals surface area contributed by atoms with E-state index in [1.54, 1.807) is 0 Å². The van der Waals surface area contributed by atoms with Crippen molar-refractivity contribution in [2.24, 2.45) is 0 Å². The number of hydrogen-bond donors (Lipinski definition) is 1. The van der Waals surface area contributed by atoms with Crippen molar-refractivity contribution in [2.45, 2.75) is 46.1 Å². The highest BCUT2D eigenvalue weighted by atomic mass is 16.4. The fourth-order valence-corrected chi connectivity index (χ4v) is 1.96. The van der Waals surface area contributed by atoms with Gasteiger partial charge in [0.15, 0.2) is 0 Å². The molecule has 19 heavy (non-hydrogen) atoms. The van der Waals surface area contributed by atoms with Crippen LogP contribution in [0.15, 0.2) is 18.2 Å². The summed E-state index contributed by atoms with van der Waals surface area (Å²) in [5.41, 5.74) is 4.00. The molecule has 0 aliphatic carbocycles. The fourth-order valence-electron chi connectivity index (χ4n) is 1.96. The van der Waals surface area contributed by atoms with Crippen molar-refractivity contribution in [1.82, 2.24) is 4.90 Å². The number of carboxylic acids is 1. The minimum atomic E-state index is -0.744. The zero-order valence-corrected chi connectivity index (χ0v) is 12.7. The molecule has 1 rings (SSSR count). The average Bonchev–Trinajstić information content (AvgIpc) is 2.28. The number of rotatable bonds is 5. The summed E-state index contributed by atoms with van der Waals surface area (Å²) in [6, 6.07) is 6.57. The molecule has 0 bridgehead atoms. The summed E-state index contributed by atoms with van der Waals surface area (Å²) in [7, 11) is 1.96. The molecule has 3 nitrogen and oxygen atoms in total. The number of carbonyl (C=O) groups is 1. The van der Waals surface area contributed by atoms with Crippen molar-refractivity contribution in [1.29, 1.82) is 0 Å². The second kappa shape index (κ2) is 6.20. The van der Waals surface area contributed by atoms with Gasteiger partial charge in [-0.25, -0.2) is 0 Å². The smallest absolute Gasteiger partial charge is 0.304 e. The molecule has 0 aromatic heterocycles. The topological polar surface area (TPSA) is 40.5 Å². The van der Waals surface area contributed by atoms with Gasteiger partial charge in [-0.3, -0.25) is 4.79 Å². The van der Waals surface area contributed by atoms with Crippen LogP contribution in [-0.2, 0) is 16.8 Å². The Hall–Kier alpha value is -1.35. The van der Waals surface area contributed by atoms with Crippen molar-refractivity contribution >= 4 is 5.97 Å². The van der Waals surface area contributed by atoms with Crippen LogP contribution in [0.5, 0.6) is 0 Å². The van der Waals surface area contributed by atoms with Gasteiger partial charge in [-0.2, -0.15) is 0 Å². The Morgan fingerprint density at radius 1 is 1.32 bits per heavy atom. The molecular formula is C16H25NO2. The van der Waals surface area contributed by atoms with Crippen LogP contribution >= 0.6 is 0 Å². The maximum atomic E-state index is 10.6. The van der Waals surface area contributed by atoms with Gasteiger partial charge in [-0.1, -0.05) is 39.0 Å². The van der Waals surface area contributed by atoms with Crippen LogP contribution in [0.1, 0.15) is 43.9 Å². The minimum absolute atomic E-state index is 0.141. The first kappa shape index (κ1) is 15.7. The first-order chi connectivity index (χ1) is 8.70. The van der Waals surface area contributed by atoms with Crippen molar-refractivity contribution < 1.29 is 9.90 Å². The molecular weight excluding hydrogens is 238 g/mol. The number of hydrogen-bond acceptors (Lipinski definition) is 2. The Kier molecular flexibility index (Phi) is 5.12. The van der Waals surface area contributed by atoms with Crippen LogP contribution in [0.2, 0.25) is 0 Å². The van der Waals surface area contributed by atoms with Gasteiger partial charge in [0.05, 0.1) is 6.42 Å². The Labute approximate surface area is 116 Å². The molecule has 0 radical (unpaired) electrons. The molecule has 0 aliphatic heterocycles. The summed E-state index contributed by atoms with van der Waals surface area (Å²) in [5.74, 6) is -0.744. The van der Waals surface area contributed by atoms with E-state index in [4.69, 9.17) is 5.11 Å². The first-order valence-corrected chi connectivity index (χ1v) is 6.70. The predicted octanol–water partition coefficient (Wildman–Crippen LogP) is 3.20. The molecule has 1 aromatic carbocycles. The third kappa shape index (κ3) is 5.03. The van der Waals surface area contributed by atoms with E-state index in [9.17, 15) is 4.79 Å². The van der Waals surface area contributed by atoms with E-state index in [1.807, 2.05) is 7.05 Å². The molecule has 0 fully saturated rings. The standard InChI is InChI=1S/C16H25NO2/c1-12-6-7-14(16(2,3)4)10-13(12)11-17(5)9-8-15(18)19/h6-7,10H,8-9,11H2,1-5H3,(H,18,19). The molecule has 0 unspecified atom stereocenters. The molecule has 1 N–H and O–H groups in total. The SMILES string of the molecule is Cc1ccc(C(C)(C)C)cc1CN(C)CCC(=O)O. The summed E-state index contributed by atoms with van der Waals surface area (Å²) >= 11 is 0. The highest BCUT2D eigenvalue weighted by Gasteiger charge is 2.15. The zero-order chi connectivity index (χ0) is 14.6. The molecule has 0 spiro atoms. The number of nitrogens with zero attached hydrogens (tertiary/aromatic N) is 1. The van der Waals surface area contributed by atoms with Gasteiger partial charge in [0.25, 0.3) is 0 Å². The van der Waals surface area contributed by atoms with Gasteiger partial charge in [0, 0.05) is 13.1 Å². The van der Waals surface area contributed by atoms with Crippen LogP contribution in [0.25, 0.3) is 0 Å². The molecule has 3 heteroatoms. The molecule has 0 amide bonds. The van der Waals surface area contributed by atoms with Crippen LogP contribution in [0, 0.1) is 6.92 Å².